The molecule has 2 saturated heterocycles. The van der Waals surface area contributed by atoms with E-state index in [1.165, 1.54) is 0 Å². The molecule has 1 aromatic heterocycles. The Hall–Kier alpha value is -2.66. The van der Waals surface area contributed by atoms with Crippen molar-refractivity contribution in [3.8, 4) is 0 Å². The molecule has 2 fully saturated rings. The normalized spacial score (nSPS) is 26.7. The number of likely N-dealkylation sites (tertiary alicyclic amines) is 2. The number of hydrogen-bond acceptors (Lipinski definition) is 2. The van der Waals surface area contributed by atoms with E-state index in [0.717, 1.165) is 43.4 Å². The summed E-state index contributed by atoms with van der Waals surface area (Å²) in [5.41, 5.74) is 2.29. The van der Waals surface area contributed by atoms with Crippen molar-refractivity contribution < 1.29 is 9.18 Å². The lowest BCUT2D eigenvalue weighted by atomic mass is 9.85. The number of carbonyl (C=O) groups excluding carboxylic acids is 1. The summed E-state index contributed by atoms with van der Waals surface area (Å²) in [7, 11) is 0. The molecule has 3 heterocycles. The van der Waals surface area contributed by atoms with Gasteiger partial charge in [0.25, 0.3) is 5.91 Å². The Morgan fingerprint density at radius 2 is 1.71 bits per heavy atom. The number of amides is 1. The van der Waals surface area contributed by atoms with Gasteiger partial charge < -0.3 is 9.47 Å². The fourth-order valence-electron chi connectivity index (χ4n) is 5.34. The Bertz CT molecular complexity index is 975. The molecular formula is C26H30FN3O. The Morgan fingerprint density at radius 3 is 2.45 bits per heavy atom. The molecule has 2 aliphatic heterocycles. The number of aromatic nitrogens is 1. The van der Waals surface area contributed by atoms with Crippen LogP contribution in [0.3, 0.4) is 0 Å². The Kier molecular flexibility index (Phi) is 5.53. The standard InChI is InChI=1S/C26H30FN3O/c27-26(29-16-6-7-17-29)19-22(21-9-2-1-3-10-21)12-13-24(26)25(31)30-18-8-11-23(30)20-28-14-4-5-15-28/h1-5,9-10,12-15,23H,6-8,11,16-20H2/t23-,26?/m0/s1. The highest BCUT2D eigenvalue weighted by molar-refractivity contribution is 5.97. The number of allylic oxidation sites excluding steroid dienone is 2. The number of hydrogen-bond donors (Lipinski definition) is 0. The summed E-state index contributed by atoms with van der Waals surface area (Å²) < 4.78 is 19.0. The molecule has 1 unspecified atom stereocenters. The summed E-state index contributed by atoms with van der Waals surface area (Å²) in [6.07, 6.45) is 11.9. The molecule has 5 heteroatoms. The van der Waals surface area contributed by atoms with Crippen molar-refractivity contribution >= 4 is 11.5 Å². The van der Waals surface area contributed by atoms with Gasteiger partial charge in [0.1, 0.15) is 0 Å². The van der Waals surface area contributed by atoms with E-state index in [4.69, 9.17) is 0 Å². The zero-order chi connectivity index (χ0) is 21.3. The Labute approximate surface area is 183 Å². The average Bonchev–Trinajstić information content (AvgIpc) is 3.57. The summed E-state index contributed by atoms with van der Waals surface area (Å²) in [5.74, 6) is -1.87. The van der Waals surface area contributed by atoms with Gasteiger partial charge in [-0.1, -0.05) is 36.4 Å². The SMILES string of the molecule is O=C(C1=CC=C(c2ccccc2)CC1(F)N1CCCC1)N1CCC[C@H]1Cn1cccc1. The largest absolute Gasteiger partial charge is 0.352 e. The molecule has 0 saturated carbocycles. The van der Waals surface area contributed by atoms with Crippen LogP contribution in [0.1, 0.15) is 37.7 Å². The Balaban J connectivity index is 1.46. The van der Waals surface area contributed by atoms with Crippen LogP contribution in [-0.4, -0.2) is 51.7 Å². The van der Waals surface area contributed by atoms with E-state index in [0.29, 0.717) is 25.2 Å². The van der Waals surface area contributed by atoms with Gasteiger partial charge in [0.05, 0.1) is 5.57 Å². The molecule has 1 aromatic carbocycles. The molecule has 1 amide bonds. The van der Waals surface area contributed by atoms with E-state index in [1.807, 2.05) is 70.7 Å². The highest BCUT2D eigenvalue weighted by atomic mass is 19.1. The highest BCUT2D eigenvalue weighted by Gasteiger charge is 2.48. The van der Waals surface area contributed by atoms with Crippen LogP contribution in [0.4, 0.5) is 4.39 Å². The lowest BCUT2D eigenvalue weighted by molar-refractivity contribution is -0.131. The summed E-state index contributed by atoms with van der Waals surface area (Å²) in [6, 6.07) is 14.1. The van der Waals surface area contributed by atoms with Gasteiger partial charge in [-0.05, 0) is 55.0 Å². The van der Waals surface area contributed by atoms with Gasteiger partial charge in [0.2, 0.25) is 0 Å². The first-order valence-corrected chi connectivity index (χ1v) is 11.5. The second-order valence-electron chi connectivity index (χ2n) is 8.94. The van der Waals surface area contributed by atoms with Crippen LogP contribution in [0.2, 0.25) is 0 Å². The first kappa shape index (κ1) is 20.3. The maximum Gasteiger partial charge on any atom is 0.254 e. The van der Waals surface area contributed by atoms with Gasteiger partial charge in [-0.3, -0.25) is 9.69 Å². The van der Waals surface area contributed by atoms with Gasteiger partial charge >= 0.3 is 0 Å². The topological polar surface area (TPSA) is 28.5 Å². The van der Waals surface area contributed by atoms with Gasteiger partial charge in [-0.2, -0.15) is 0 Å². The molecule has 162 valence electrons. The van der Waals surface area contributed by atoms with Crippen LogP contribution in [0.25, 0.3) is 5.57 Å². The van der Waals surface area contributed by atoms with Crippen LogP contribution in [0.15, 0.2) is 72.6 Å². The molecule has 0 radical (unpaired) electrons. The third-order valence-corrected chi connectivity index (χ3v) is 7.00. The van der Waals surface area contributed by atoms with Crippen molar-refractivity contribution in [2.75, 3.05) is 19.6 Å². The second kappa shape index (κ2) is 8.46. The predicted octanol–water partition coefficient (Wildman–Crippen LogP) is 4.65. The number of halogens is 1. The smallest absolute Gasteiger partial charge is 0.254 e. The van der Waals surface area contributed by atoms with Crippen molar-refractivity contribution in [2.24, 2.45) is 0 Å². The third-order valence-electron chi connectivity index (χ3n) is 7.00. The number of alkyl halides is 1. The Morgan fingerprint density at radius 1 is 0.968 bits per heavy atom. The molecule has 3 aliphatic rings. The van der Waals surface area contributed by atoms with Crippen molar-refractivity contribution in [1.82, 2.24) is 14.4 Å². The van der Waals surface area contributed by atoms with E-state index in [9.17, 15) is 4.79 Å². The van der Waals surface area contributed by atoms with Crippen molar-refractivity contribution in [1.29, 1.82) is 0 Å². The maximum atomic E-state index is 16.9. The van der Waals surface area contributed by atoms with Gasteiger partial charge in [0.15, 0.2) is 5.79 Å². The monoisotopic (exact) mass is 419 g/mol. The maximum absolute atomic E-state index is 16.9. The minimum atomic E-state index is -1.74. The third kappa shape index (κ3) is 3.87. The minimum absolute atomic E-state index is 0.114. The van der Waals surface area contributed by atoms with E-state index >= 15 is 4.39 Å². The number of nitrogens with zero attached hydrogens (tertiary/aromatic N) is 3. The number of benzene rings is 1. The van der Waals surface area contributed by atoms with Crippen LogP contribution in [-0.2, 0) is 11.3 Å². The zero-order valence-corrected chi connectivity index (χ0v) is 17.9. The lowest BCUT2D eigenvalue weighted by Crippen LogP contribution is -2.51. The zero-order valence-electron chi connectivity index (χ0n) is 17.9. The minimum Gasteiger partial charge on any atom is -0.352 e. The van der Waals surface area contributed by atoms with Crippen molar-refractivity contribution in [3.63, 3.8) is 0 Å². The second-order valence-corrected chi connectivity index (χ2v) is 8.94. The van der Waals surface area contributed by atoms with Gasteiger partial charge in [-0.25, -0.2) is 4.39 Å². The molecule has 0 spiro atoms. The van der Waals surface area contributed by atoms with Crippen LogP contribution >= 0.6 is 0 Å². The van der Waals surface area contributed by atoms with Crippen molar-refractivity contribution in [2.45, 2.75) is 50.5 Å². The number of carbonyl (C=O) groups is 1. The predicted molar refractivity (Wildman–Crippen MR) is 121 cm³/mol. The van der Waals surface area contributed by atoms with E-state index in [1.54, 1.807) is 6.08 Å². The molecule has 1 aliphatic carbocycles. The van der Waals surface area contributed by atoms with E-state index < -0.39 is 5.79 Å². The van der Waals surface area contributed by atoms with Gasteiger partial charge in [0, 0.05) is 51.0 Å². The first-order valence-electron chi connectivity index (χ1n) is 11.5. The molecule has 4 nitrogen and oxygen atoms in total. The summed E-state index contributed by atoms with van der Waals surface area (Å²) in [5, 5.41) is 0. The van der Waals surface area contributed by atoms with Crippen LogP contribution < -0.4 is 0 Å². The van der Waals surface area contributed by atoms with E-state index in [-0.39, 0.29) is 18.4 Å². The first-order chi connectivity index (χ1) is 15.1. The lowest BCUT2D eigenvalue weighted by Gasteiger charge is -2.40. The van der Waals surface area contributed by atoms with Crippen molar-refractivity contribution in [3.05, 3.63) is 78.1 Å². The average molecular weight is 420 g/mol. The van der Waals surface area contributed by atoms with Crippen LogP contribution in [0, 0.1) is 0 Å². The van der Waals surface area contributed by atoms with Crippen LogP contribution in [0.5, 0.6) is 0 Å². The highest BCUT2D eigenvalue weighted by Crippen LogP contribution is 2.43. The number of rotatable bonds is 5. The molecule has 5 rings (SSSR count). The molecule has 0 bridgehead atoms. The van der Waals surface area contributed by atoms with E-state index in [2.05, 4.69) is 4.57 Å². The summed E-state index contributed by atoms with van der Waals surface area (Å²) in [6.45, 7) is 2.87. The fourth-order valence-corrected chi connectivity index (χ4v) is 5.34. The molecule has 2 atom stereocenters. The molecular weight excluding hydrogens is 389 g/mol. The fraction of sp³-hybridized carbons (Fsp3) is 0.423. The molecule has 31 heavy (non-hydrogen) atoms. The van der Waals surface area contributed by atoms with Gasteiger partial charge in [-0.15, -0.1) is 0 Å². The summed E-state index contributed by atoms with van der Waals surface area (Å²) >= 11 is 0. The summed E-state index contributed by atoms with van der Waals surface area (Å²) in [4.78, 5) is 17.5. The quantitative estimate of drug-likeness (QED) is 0.660. The molecule has 0 N–H and O–H groups in total. The molecule has 2 aromatic rings.